The molecule has 0 spiro atoms. The minimum absolute atomic E-state index is 0.422. The van der Waals surface area contributed by atoms with Crippen LogP contribution in [0, 0.1) is 0 Å². The monoisotopic (exact) mass is 317 g/mol. The van der Waals surface area contributed by atoms with Crippen molar-refractivity contribution in [2.24, 2.45) is 0 Å². The molecular weight excluding hydrogens is 305 g/mol. The summed E-state index contributed by atoms with van der Waals surface area (Å²) in [5, 5.41) is 12.4. The highest BCUT2D eigenvalue weighted by atomic mass is 35.5. The fraction of sp³-hybridized carbons (Fsp3) is 0.118. The van der Waals surface area contributed by atoms with Gasteiger partial charge in [0.05, 0.1) is 21.7 Å². The lowest BCUT2D eigenvalue weighted by Gasteiger charge is -2.13. The fourth-order valence-electron chi connectivity index (χ4n) is 2.33. The number of fused-ring (bicyclic) bond motifs is 1. The van der Waals surface area contributed by atoms with E-state index in [1.807, 2.05) is 42.5 Å². The van der Waals surface area contributed by atoms with Crippen LogP contribution in [0.2, 0.25) is 10.0 Å². The van der Waals surface area contributed by atoms with Crippen LogP contribution in [0.3, 0.4) is 0 Å². The molecular formula is C17H13Cl2NO. The highest BCUT2D eigenvalue weighted by Crippen LogP contribution is 2.29. The quantitative estimate of drug-likeness (QED) is 0.751. The van der Waals surface area contributed by atoms with Crippen molar-refractivity contribution in [3.05, 3.63) is 75.9 Å². The molecule has 0 aliphatic carbocycles. The zero-order valence-corrected chi connectivity index (χ0v) is 12.6. The van der Waals surface area contributed by atoms with Gasteiger partial charge < -0.3 is 5.11 Å². The van der Waals surface area contributed by atoms with Crippen LogP contribution in [0.5, 0.6) is 0 Å². The van der Waals surface area contributed by atoms with Crippen molar-refractivity contribution in [1.29, 1.82) is 0 Å². The van der Waals surface area contributed by atoms with Crippen LogP contribution in [-0.2, 0) is 6.42 Å². The largest absolute Gasteiger partial charge is 0.388 e. The topological polar surface area (TPSA) is 33.1 Å². The van der Waals surface area contributed by atoms with Crippen LogP contribution in [0.25, 0.3) is 10.9 Å². The summed E-state index contributed by atoms with van der Waals surface area (Å²) < 4.78 is 0. The van der Waals surface area contributed by atoms with Crippen LogP contribution in [0.15, 0.2) is 54.7 Å². The number of rotatable bonds is 3. The molecule has 21 heavy (non-hydrogen) atoms. The van der Waals surface area contributed by atoms with Crippen molar-refractivity contribution in [1.82, 2.24) is 4.98 Å². The summed E-state index contributed by atoms with van der Waals surface area (Å²) >= 11 is 12.2. The Hall–Kier alpha value is -1.61. The third kappa shape index (κ3) is 3.03. The number of pyridine rings is 1. The van der Waals surface area contributed by atoms with Gasteiger partial charge in [-0.15, -0.1) is 0 Å². The van der Waals surface area contributed by atoms with E-state index in [2.05, 4.69) is 4.98 Å². The molecule has 1 N–H and O–H groups in total. The molecule has 3 rings (SSSR count). The molecule has 0 saturated heterocycles. The summed E-state index contributed by atoms with van der Waals surface area (Å²) in [5.41, 5.74) is 2.59. The summed E-state index contributed by atoms with van der Waals surface area (Å²) in [6, 6.07) is 15.1. The minimum atomic E-state index is -0.634. The molecule has 0 bridgehead atoms. The first-order chi connectivity index (χ1) is 10.1. The summed E-state index contributed by atoms with van der Waals surface area (Å²) in [7, 11) is 0. The summed E-state index contributed by atoms with van der Waals surface area (Å²) in [5.74, 6) is 0. The van der Waals surface area contributed by atoms with E-state index in [4.69, 9.17) is 23.2 Å². The molecule has 3 aromatic rings. The number of aliphatic hydroxyl groups excluding tert-OH is 1. The van der Waals surface area contributed by atoms with Gasteiger partial charge >= 0.3 is 0 Å². The van der Waals surface area contributed by atoms with Crippen LogP contribution >= 0.6 is 23.2 Å². The molecule has 2 aromatic carbocycles. The predicted octanol–water partition coefficient (Wildman–Crippen LogP) is 4.82. The zero-order valence-electron chi connectivity index (χ0n) is 11.1. The van der Waals surface area contributed by atoms with E-state index in [0.717, 1.165) is 22.0 Å². The third-order valence-electron chi connectivity index (χ3n) is 3.46. The van der Waals surface area contributed by atoms with Gasteiger partial charge in [-0.05, 0) is 35.4 Å². The second-order valence-corrected chi connectivity index (χ2v) is 5.67. The standard InChI is InChI=1S/C17H13Cl2NO/c18-14-5-1-3-13(17(14)19)10-16(21)12-6-7-15-11(9-12)4-2-8-20-15/h1-9,16,21H,10H2. The Morgan fingerprint density at radius 1 is 1.05 bits per heavy atom. The molecule has 0 fully saturated rings. The first-order valence-corrected chi connectivity index (χ1v) is 7.36. The SMILES string of the molecule is OC(Cc1cccc(Cl)c1Cl)c1ccc2ncccc2c1. The van der Waals surface area contributed by atoms with Crippen LogP contribution in [-0.4, -0.2) is 10.1 Å². The average Bonchev–Trinajstić information content (AvgIpc) is 2.51. The van der Waals surface area contributed by atoms with Gasteiger partial charge in [0.25, 0.3) is 0 Å². The second kappa shape index (κ2) is 6.02. The Morgan fingerprint density at radius 3 is 2.76 bits per heavy atom. The van der Waals surface area contributed by atoms with Crippen molar-refractivity contribution in [2.45, 2.75) is 12.5 Å². The Labute approximate surface area is 133 Å². The van der Waals surface area contributed by atoms with Crippen molar-refractivity contribution < 1.29 is 5.11 Å². The summed E-state index contributed by atoms with van der Waals surface area (Å²) in [6.07, 6.45) is 1.54. The predicted molar refractivity (Wildman–Crippen MR) is 86.9 cm³/mol. The average molecular weight is 318 g/mol. The van der Waals surface area contributed by atoms with Gasteiger partial charge in [-0.3, -0.25) is 4.98 Å². The molecule has 2 nitrogen and oxygen atoms in total. The van der Waals surface area contributed by atoms with Crippen molar-refractivity contribution in [3.8, 4) is 0 Å². The number of hydrogen-bond donors (Lipinski definition) is 1. The van der Waals surface area contributed by atoms with E-state index < -0.39 is 6.10 Å². The number of halogens is 2. The fourth-order valence-corrected chi connectivity index (χ4v) is 2.73. The number of benzene rings is 2. The number of aliphatic hydroxyl groups is 1. The molecule has 106 valence electrons. The minimum Gasteiger partial charge on any atom is -0.388 e. The maximum absolute atomic E-state index is 10.4. The highest BCUT2D eigenvalue weighted by molar-refractivity contribution is 6.42. The number of hydrogen-bond acceptors (Lipinski definition) is 2. The lowest BCUT2D eigenvalue weighted by molar-refractivity contribution is 0.178. The van der Waals surface area contributed by atoms with Gasteiger partial charge in [-0.2, -0.15) is 0 Å². The number of aromatic nitrogens is 1. The molecule has 0 saturated carbocycles. The van der Waals surface area contributed by atoms with E-state index >= 15 is 0 Å². The van der Waals surface area contributed by atoms with Gasteiger partial charge in [0.15, 0.2) is 0 Å². The van der Waals surface area contributed by atoms with Crippen molar-refractivity contribution in [3.63, 3.8) is 0 Å². The smallest absolute Gasteiger partial charge is 0.0831 e. The van der Waals surface area contributed by atoms with Crippen LogP contribution in [0.1, 0.15) is 17.2 Å². The van der Waals surface area contributed by atoms with Gasteiger partial charge in [0, 0.05) is 18.0 Å². The Kier molecular flexibility index (Phi) is 4.11. The third-order valence-corrected chi connectivity index (χ3v) is 4.31. The lowest BCUT2D eigenvalue weighted by Crippen LogP contribution is -2.02. The molecule has 0 amide bonds. The Balaban J connectivity index is 1.89. The van der Waals surface area contributed by atoms with Gasteiger partial charge in [0.1, 0.15) is 0 Å². The summed E-state index contributed by atoms with van der Waals surface area (Å²) in [6.45, 7) is 0. The maximum Gasteiger partial charge on any atom is 0.0831 e. The van der Waals surface area contributed by atoms with E-state index in [0.29, 0.717) is 16.5 Å². The zero-order chi connectivity index (χ0) is 14.8. The lowest BCUT2D eigenvalue weighted by atomic mass is 10.00. The number of nitrogens with zero attached hydrogens (tertiary/aromatic N) is 1. The Bertz CT molecular complexity index is 789. The molecule has 1 atom stereocenters. The van der Waals surface area contributed by atoms with Crippen LogP contribution in [0.4, 0.5) is 0 Å². The maximum atomic E-state index is 10.4. The molecule has 4 heteroatoms. The van der Waals surface area contributed by atoms with E-state index in [1.54, 1.807) is 12.3 Å². The molecule has 0 aliphatic rings. The molecule has 0 radical (unpaired) electrons. The highest BCUT2D eigenvalue weighted by Gasteiger charge is 2.13. The van der Waals surface area contributed by atoms with E-state index in [1.165, 1.54) is 0 Å². The van der Waals surface area contributed by atoms with Gasteiger partial charge in [0.2, 0.25) is 0 Å². The first kappa shape index (κ1) is 14.3. The van der Waals surface area contributed by atoms with E-state index in [-0.39, 0.29) is 0 Å². The first-order valence-electron chi connectivity index (χ1n) is 6.61. The van der Waals surface area contributed by atoms with Gasteiger partial charge in [-0.1, -0.05) is 47.5 Å². The van der Waals surface area contributed by atoms with Crippen LogP contribution < -0.4 is 0 Å². The normalized spacial score (nSPS) is 12.5. The molecule has 1 aromatic heterocycles. The second-order valence-electron chi connectivity index (χ2n) is 4.89. The Morgan fingerprint density at radius 2 is 1.90 bits per heavy atom. The molecule has 1 heterocycles. The molecule has 0 aliphatic heterocycles. The summed E-state index contributed by atoms with van der Waals surface area (Å²) in [4.78, 5) is 4.27. The van der Waals surface area contributed by atoms with E-state index in [9.17, 15) is 5.11 Å². The molecule has 1 unspecified atom stereocenters. The van der Waals surface area contributed by atoms with Gasteiger partial charge in [-0.25, -0.2) is 0 Å². The van der Waals surface area contributed by atoms with Crippen molar-refractivity contribution >= 4 is 34.1 Å². The van der Waals surface area contributed by atoms with Crippen molar-refractivity contribution in [2.75, 3.05) is 0 Å².